The molecule has 2 fully saturated rings. The molecular formula is C18H22FN3O3. The first kappa shape index (κ1) is 17.4. The molecule has 1 N–H and O–H groups in total. The van der Waals surface area contributed by atoms with Gasteiger partial charge >= 0.3 is 11.8 Å². The van der Waals surface area contributed by atoms with Crippen molar-refractivity contribution in [2.45, 2.75) is 31.7 Å². The minimum absolute atomic E-state index is 0.0150. The zero-order valence-electron chi connectivity index (χ0n) is 14.0. The Morgan fingerprint density at radius 2 is 1.76 bits per heavy atom. The van der Waals surface area contributed by atoms with Gasteiger partial charge in [0.25, 0.3) is 0 Å². The second-order valence-corrected chi connectivity index (χ2v) is 6.55. The summed E-state index contributed by atoms with van der Waals surface area (Å²) in [6, 6.07) is 6.39. The van der Waals surface area contributed by atoms with Crippen LogP contribution in [0.3, 0.4) is 0 Å². The molecule has 1 aromatic rings. The Kier molecular flexibility index (Phi) is 5.31. The summed E-state index contributed by atoms with van der Waals surface area (Å²) in [7, 11) is 0. The van der Waals surface area contributed by atoms with Crippen molar-refractivity contribution in [1.29, 1.82) is 0 Å². The van der Waals surface area contributed by atoms with E-state index in [2.05, 4.69) is 5.32 Å². The average molecular weight is 347 g/mol. The van der Waals surface area contributed by atoms with Crippen molar-refractivity contribution in [3.05, 3.63) is 35.6 Å². The maximum atomic E-state index is 13.1. The minimum atomic E-state index is -0.548. The van der Waals surface area contributed by atoms with Crippen molar-refractivity contribution in [2.24, 2.45) is 0 Å². The summed E-state index contributed by atoms with van der Waals surface area (Å²) in [4.78, 5) is 39.3. The van der Waals surface area contributed by atoms with Crippen LogP contribution in [0.1, 0.15) is 24.8 Å². The fraction of sp³-hybridized carbons (Fsp3) is 0.500. The first-order chi connectivity index (χ1) is 12.0. The van der Waals surface area contributed by atoms with Gasteiger partial charge < -0.3 is 15.1 Å². The molecule has 2 aliphatic rings. The maximum absolute atomic E-state index is 13.1. The van der Waals surface area contributed by atoms with Crippen LogP contribution in [-0.2, 0) is 20.8 Å². The van der Waals surface area contributed by atoms with E-state index in [1.165, 1.54) is 17.0 Å². The average Bonchev–Trinajstić information content (AvgIpc) is 3.43. The van der Waals surface area contributed by atoms with Crippen LogP contribution in [0.5, 0.6) is 0 Å². The SMILES string of the molecule is O=C(NC1CC1)C(=O)N1CCN(C(=O)CCc2cccc(F)c2)CC1. The monoisotopic (exact) mass is 347 g/mol. The van der Waals surface area contributed by atoms with Crippen molar-refractivity contribution in [1.82, 2.24) is 15.1 Å². The van der Waals surface area contributed by atoms with Crippen molar-refractivity contribution in [3.8, 4) is 0 Å². The topological polar surface area (TPSA) is 69.7 Å². The van der Waals surface area contributed by atoms with Gasteiger partial charge in [-0.3, -0.25) is 14.4 Å². The lowest BCUT2D eigenvalue weighted by Crippen LogP contribution is -2.54. The minimum Gasteiger partial charge on any atom is -0.345 e. The molecule has 1 aliphatic carbocycles. The fourth-order valence-corrected chi connectivity index (χ4v) is 2.88. The summed E-state index contributed by atoms with van der Waals surface area (Å²) in [5.41, 5.74) is 0.791. The molecule has 25 heavy (non-hydrogen) atoms. The number of aryl methyl sites for hydroxylation is 1. The highest BCUT2D eigenvalue weighted by atomic mass is 19.1. The molecule has 3 rings (SSSR count). The number of carbonyl (C=O) groups excluding carboxylic acids is 3. The molecule has 0 aromatic heterocycles. The van der Waals surface area contributed by atoms with E-state index in [1.807, 2.05) is 0 Å². The number of nitrogens with zero attached hydrogens (tertiary/aromatic N) is 2. The molecular weight excluding hydrogens is 325 g/mol. The number of amides is 3. The van der Waals surface area contributed by atoms with Crippen molar-refractivity contribution >= 4 is 17.7 Å². The van der Waals surface area contributed by atoms with Gasteiger partial charge in [0.1, 0.15) is 5.82 Å². The number of hydrogen-bond acceptors (Lipinski definition) is 3. The molecule has 1 saturated heterocycles. The second-order valence-electron chi connectivity index (χ2n) is 6.55. The molecule has 1 heterocycles. The van der Waals surface area contributed by atoms with Crippen molar-refractivity contribution in [2.75, 3.05) is 26.2 Å². The number of carbonyl (C=O) groups is 3. The van der Waals surface area contributed by atoms with Crippen LogP contribution in [0, 0.1) is 5.82 Å². The Morgan fingerprint density at radius 3 is 2.40 bits per heavy atom. The van der Waals surface area contributed by atoms with Gasteiger partial charge in [0.05, 0.1) is 0 Å². The van der Waals surface area contributed by atoms with E-state index in [4.69, 9.17) is 0 Å². The number of rotatable bonds is 4. The summed E-state index contributed by atoms with van der Waals surface area (Å²) >= 11 is 0. The first-order valence-corrected chi connectivity index (χ1v) is 8.65. The van der Waals surface area contributed by atoms with Gasteiger partial charge in [-0.05, 0) is 37.0 Å². The Morgan fingerprint density at radius 1 is 1.08 bits per heavy atom. The van der Waals surface area contributed by atoms with E-state index < -0.39 is 11.8 Å². The highest BCUT2D eigenvalue weighted by Crippen LogP contribution is 2.18. The molecule has 0 atom stereocenters. The molecule has 0 spiro atoms. The normalized spacial score (nSPS) is 17.3. The predicted octanol–water partition coefficient (Wildman–Crippen LogP) is 0.708. The van der Waals surface area contributed by atoms with Crippen LogP contribution in [0.25, 0.3) is 0 Å². The van der Waals surface area contributed by atoms with E-state index in [-0.39, 0.29) is 17.8 Å². The summed E-state index contributed by atoms with van der Waals surface area (Å²) in [5.74, 6) is -1.38. The third-order valence-electron chi connectivity index (χ3n) is 4.54. The van der Waals surface area contributed by atoms with E-state index >= 15 is 0 Å². The van der Waals surface area contributed by atoms with Crippen LogP contribution in [0.2, 0.25) is 0 Å². The van der Waals surface area contributed by atoms with Crippen LogP contribution < -0.4 is 5.32 Å². The van der Waals surface area contributed by atoms with Gasteiger partial charge in [0.2, 0.25) is 5.91 Å². The summed E-state index contributed by atoms with van der Waals surface area (Å²) < 4.78 is 13.1. The molecule has 1 aliphatic heterocycles. The van der Waals surface area contributed by atoms with Crippen molar-refractivity contribution < 1.29 is 18.8 Å². The molecule has 0 unspecified atom stereocenters. The number of piperazine rings is 1. The van der Waals surface area contributed by atoms with Gasteiger partial charge in [-0.2, -0.15) is 0 Å². The largest absolute Gasteiger partial charge is 0.345 e. The number of nitrogens with one attached hydrogen (secondary N) is 1. The van der Waals surface area contributed by atoms with Gasteiger partial charge in [0, 0.05) is 38.6 Å². The number of halogens is 1. The molecule has 1 saturated carbocycles. The lowest BCUT2D eigenvalue weighted by Gasteiger charge is -2.34. The van der Waals surface area contributed by atoms with Gasteiger partial charge in [-0.25, -0.2) is 4.39 Å². The molecule has 1 aromatic carbocycles. The number of hydrogen-bond donors (Lipinski definition) is 1. The Balaban J connectivity index is 1.42. The summed E-state index contributed by atoms with van der Waals surface area (Å²) in [6.45, 7) is 1.57. The van der Waals surface area contributed by atoms with Crippen molar-refractivity contribution in [3.63, 3.8) is 0 Å². The third-order valence-corrected chi connectivity index (χ3v) is 4.54. The lowest BCUT2D eigenvalue weighted by atomic mass is 10.1. The zero-order valence-corrected chi connectivity index (χ0v) is 14.0. The molecule has 3 amide bonds. The van der Waals surface area contributed by atoms with Crippen LogP contribution >= 0.6 is 0 Å². The van der Waals surface area contributed by atoms with Gasteiger partial charge in [-0.1, -0.05) is 12.1 Å². The van der Waals surface area contributed by atoms with Gasteiger partial charge in [-0.15, -0.1) is 0 Å². The number of benzene rings is 1. The molecule has 0 bridgehead atoms. The Labute approximate surface area is 146 Å². The smallest absolute Gasteiger partial charge is 0.312 e. The lowest BCUT2D eigenvalue weighted by molar-refractivity contribution is -0.148. The van der Waals surface area contributed by atoms with E-state index in [9.17, 15) is 18.8 Å². The standard InChI is InChI=1S/C18H22FN3O3/c19-14-3-1-2-13(12-14)4-7-16(23)21-8-10-22(11-9-21)18(25)17(24)20-15-5-6-15/h1-3,12,15H,4-11H2,(H,20,24). The fourth-order valence-electron chi connectivity index (χ4n) is 2.88. The maximum Gasteiger partial charge on any atom is 0.312 e. The van der Waals surface area contributed by atoms with E-state index in [1.54, 1.807) is 17.0 Å². The van der Waals surface area contributed by atoms with Crippen LogP contribution in [0.4, 0.5) is 4.39 Å². The zero-order chi connectivity index (χ0) is 17.8. The van der Waals surface area contributed by atoms with Crippen LogP contribution in [0.15, 0.2) is 24.3 Å². The Bertz CT molecular complexity index is 667. The summed E-state index contributed by atoms with van der Waals surface area (Å²) in [5, 5.41) is 2.69. The molecule has 6 nitrogen and oxygen atoms in total. The van der Waals surface area contributed by atoms with Gasteiger partial charge in [0.15, 0.2) is 0 Å². The highest BCUT2D eigenvalue weighted by molar-refractivity contribution is 6.35. The second kappa shape index (κ2) is 7.63. The third kappa shape index (κ3) is 4.78. The van der Waals surface area contributed by atoms with E-state index in [0.717, 1.165) is 18.4 Å². The molecule has 7 heteroatoms. The molecule has 134 valence electrons. The molecule has 0 radical (unpaired) electrons. The Hall–Kier alpha value is -2.44. The summed E-state index contributed by atoms with van der Waals surface area (Å²) in [6.07, 6.45) is 2.67. The predicted molar refractivity (Wildman–Crippen MR) is 89.0 cm³/mol. The quantitative estimate of drug-likeness (QED) is 0.816. The highest BCUT2D eigenvalue weighted by Gasteiger charge is 2.31. The van der Waals surface area contributed by atoms with Crippen LogP contribution in [-0.4, -0.2) is 59.7 Å². The van der Waals surface area contributed by atoms with E-state index in [0.29, 0.717) is 39.0 Å². The first-order valence-electron chi connectivity index (χ1n) is 8.65.